The molecular formula is C23H23FN2O2S. The van der Waals surface area contributed by atoms with E-state index >= 15 is 0 Å². The van der Waals surface area contributed by atoms with E-state index in [1.807, 2.05) is 42.0 Å². The monoisotopic (exact) mass is 410 g/mol. The van der Waals surface area contributed by atoms with Crippen LogP contribution in [0.25, 0.3) is 26.7 Å². The number of allylic oxidation sites excluding steroid dienone is 5. The van der Waals surface area contributed by atoms with Crippen LogP contribution in [-0.2, 0) is 6.61 Å². The fourth-order valence-corrected chi connectivity index (χ4v) is 4.20. The Morgan fingerprint density at radius 1 is 1.24 bits per heavy atom. The highest BCUT2D eigenvalue weighted by molar-refractivity contribution is 7.18. The second kappa shape index (κ2) is 9.03. The molecule has 0 aliphatic carbocycles. The summed E-state index contributed by atoms with van der Waals surface area (Å²) in [4.78, 5) is 1.73. The Morgan fingerprint density at radius 2 is 2.00 bits per heavy atom. The highest BCUT2D eigenvalue weighted by Gasteiger charge is 2.17. The number of hydrogen-bond donors (Lipinski definition) is 2. The molecule has 0 amide bonds. The van der Waals surface area contributed by atoms with Gasteiger partial charge in [0.05, 0.1) is 28.6 Å². The molecule has 0 aliphatic heterocycles. The molecule has 3 rings (SSSR count). The lowest BCUT2D eigenvalue weighted by Gasteiger charge is -2.13. The van der Waals surface area contributed by atoms with Crippen molar-refractivity contribution in [2.45, 2.75) is 26.9 Å². The number of aliphatic hydroxyl groups excluding tert-OH is 1. The van der Waals surface area contributed by atoms with Crippen molar-refractivity contribution in [3.8, 4) is 26.8 Å². The summed E-state index contributed by atoms with van der Waals surface area (Å²) in [5, 5.41) is 24.3. The normalized spacial score (nSPS) is 12.4. The molecule has 1 aromatic carbocycles. The van der Waals surface area contributed by atoms with Gasteiger partial charge in [0.15, 0.2) is 0 Å². The summed E-state index contributed by atoms with van der Waals surface area (Å²) < 4.78 is 15.1. The van der Waals surface area contributed by atoms with E-state index in [1.165, 1.54) is 17.4 Å². The van der Waals surface area contributed by atoms with Crippen LogP contribution in [0.1, 0.15) is 26.0 Å². The quantitative estimate of drug-likeness (QED) is 0.470. The summed E-state index contributed by atoms with van der Waals surface area (Å²) in [6.07, 6.45) is 6.48. The van der Waals surface area contributed by atoms with E-state index in [1.54, 1.807) is 12.1 Å². The molecule has 0 saturated heterocycles. The number of thiophene rings is 1. The Balaban J connectivity index is 2.13. The largest absolute Gasteiger partial charge is 0.507 e. The van der Waals surface area contributed by atoms with Crippen LogP contribution < -0.4 is 0 Å². The molecule has 0 unspecified atom stereocenters. The third kappa shape index (κ3) is 4.23. The van der Waals surface area contributed by atoms with Crippen molar-refractivity contribution in [2.24, 2.45) is 0 Å². The first-order valence-electron chi connectivity index (χ1n) is 9.29. The van der Waals surface area contributed by atoms with Gasteiger partial charge in [0.1, 0.15) is 11.6 Å². The van der Waals surface area contributed by atoms with Crippen molar-refractivity contribution in [1.82, 2.24) is 9.78 Å². The molecular weight excluding hydrogens is 387 g/mol. The van der Waals surface area contributed by atoms with E-state index < -0.39 is 5.82 Å². The van der Waals surface area contributed by atoms with Crippen LogP contribution in [0.4, 0.5) is 4.39 Å². The number of phenols is 1. The predicted molar refractivity (Wildman–Crippen MR) is 117 cm³/mol. The molecule has 150 valence electrons. The van der Waals surface area contributed by atoms with Crippen LogP contribution in [0.5, 0.6) is 5.75 Å². The molecule has 0 bridgehead atoms. The third-order valence-corrected chi connectivity index (χ3v) is 5.71. The van der Waals surface area contributed by atoms with Crippen LogP contribution >= 0.6 is 11.3 Å². The van der Waals surface area contributed by atoms with Gasteiger partial charge in [-0.15, -0.1) is 11.3 Å². The molecule has 29 heavy (non-hydrogen) atoms. The number of aromatic hydroxyl groups is 1. The van der Waals surface area contributed by atoms with Gasteiger partial charge in [-0.3, -0.25) is 0 Å². The van der Waals surface area contributed by atoms with Crippen molar-refractivity contribution in [2.75, 3.05) is 0 Å². The average molecular weight is 411 g/mol. The number of aromatic nitrogens is 2. The van der Waals surface area contributed by atoms with Crippen LogP contribution in [0, 0.1) is 5.82 Å². The molecule has 0 saturated carbocycles. The summed E-state index contributed by atoms with van der Waals surface area (Å²) in [5.74, 6) is -0.580. The molecule has 0 spiro atoms. The second-order valence-electron chi connectivity index (χ2n) is 6.37. The number of phenolic OH excluding ortho intramolecular Hbond substituents is 1. The van der Waals surface area contributed by atoms with Gasteiger partial charge in [0.25, 0.3) is 0 Å². The first-order chi connectivity index (χ1) is 14.0. The number of halogens is 1. The van der Waals surface area contributed by atoms with Gasteiger partial charge in [0, 0.05) is 16.5 Å². The van der Waals surface area contributed by atoms with E-state index in [2.05, 4.69) is 18.6 Å². The standard InChI is InChI=1S/C23H23FN2O2S/c1-4-7-19(15(5-2)6-3)26-20(13-17(14-27)25-26)23-11-10-22(29-23)18-9-8-16(24)12-21(18)28/h4-5,7-13,27-28H,1,6,14H2,2-3H3/b15-5-,19-7+. The number of hydrogen-bond acceptors (Lipinski definition) is 4. The summed E-state index contributed by atoms with van der Waals surface area (Å²) >= 11 is 1.46. The lowest BCUT2D eigenvalue weighted by Crippen LogP contribution is -2.04. The highest BCUT2D eigenvalue weighted by atomic mass is 32.1. The predicted octanol–water partition coefficient (Wildman–Crippen LogP) is 6.00. The molecule has 6 heteroatoms. The van der Waals surface area contributed by atoms with Crippen molar-refractivity contribution < 1.29 is 14.6 Å². The molecule has 0 atom stereocenters. The summed E-state index contributed by atoms with van der Waals surface area (Å²) in [6, 6.07) is 9.66. The average Bonchev–Trinajstić information content (AvgIpc) is 3.35. The minimum atomic E-state index is -0.480. The van der Waals surface area contributed by atoms with Gasteiger partial charge in [-0.25, -0.2) is 9.07 Å². The Bertz CT molecular complexity index is 1090. The molecule has 0 aliphatic rings. The minimum absolute atomic E-state index is 0.0996. The zero-order valence-electron chi connectivity index (χ0n) is 16.4. The van der Waals surface area contributed by atoms with E-state index in [4.69, 9.17) is 0 Å². The topological polar surface area (TPSA) is 58.3 Å². The molecule has 3 aromatic rings. The Labute approximate surface area is 173 Å². The van der Waals surface area contributed by atoms with Gasteiger partial charge in [0.2, 0.25) is 0 Å². The second-order valence-corrected chi connectivity index (χ2v) is 7.46. The first kappa shape index (κ1) is 20.8. The zero-order chi connectivity index (χ0) is 21.0. The summed E-state index contributed by atoms with van der Waals surface area (Å²) in [5.41, 5.74) is 3.94. The summed E-state index contributed by atoms with van der Waals surface area (Å²) in [7, 11) is 0. The van der Waals surface area contributed by atoms with Crippen LogP contribution in [0.3, 0.4) is 0 Å². The maximum atomic E-state index is 13.3. The molecule has 4 nitrogen and oxygen atoms in total. The maximum Gasteiger partial charge on any atom is 0.127 e. The van der Waals surface area contributed by atoms with Crippen molar-refractivity contribution in [3.05, 3.63) is 78.3 Å². The van der Waals surface area contributed by atoms with E-state index in [9.17, 15) is 14.6 Å². The first-order valence-corrected chi connectivity index (χ1v) is 10.1. The van der Waals surface area contributed by atoms with Crippen LogP contribution in [-0.4, -0.2) is 20.0 Å². The van der Waals surface area contributed by atoms with Gasteiger partial charge in [-0.1, -0.05) is 25.7 Å². The van der Waals surface area contributed by atoms with Crippen molar-refractivity contribution in [3.63, 3.8) is 0 Å². The van der Waals surface area contributed by atoms with Gasteiger partial charge < -0.3 is 10.2 Å². The van der Waals surface area contributed by atoms with Crippen molar-refractivity contribution >= 4 is 17.0 Å². The van der Waals surface area contributed by atoms with E-state index in [0.29, 0.717) is 11.3 Å². The SMILES string of the molecule is C=C/C=C(\C(=C/C)CC)n1nc(CO)cc1-c1ccc(-c2ccc(F)cc2O)s1. The smallest absolute Gasteiger partial charge is 0.127 e. The molecule has 2 aromatic heterocycles. The van der Waals surface area contributed by atoms with Gasteiger partial charge in [-0.05, 0) is 55.3 Å². The molecule has 2 heterocycles. The Hall–Kier alpha value is -2.96. The lowest BCUT2D eigenvalue weighted by molar-refractivity contribution is 0.276. The third-order valence-electron chi connectivity index (χ3n) is 4.57. The van der Waals surface area contributed by atoms with Gasteiger partial charge >= 0.3 is 0 Å². The number of nitrogens with zero attached hydrogens (tertiary/aromatic N) is 2. The van der Waals surface area contributed by atoms with E-state index in [-0.39, 0.29) is 12.4 Å². The molecule has 0 fully saturated rings. The Morgan fingerprint density at radius 3 is 2.62 bits per heavy atom. The highest BCUT2D eigenvalue weighted by Crippen LogP contribution is 2.39. The maximum absolute atomic E-state index is 13.3. The minimum Gasteiger partial charge on any atom is -0.507 e. The van der Waals surface area contributed by atoms with Crippen LogP contribution in [0.15, 0.2) is 66.8 Å². The molecule has 0 radical (unpaired) electrons. The Kier molecular flexibility index (Phi) is 6.46. The van der Waals surface area contributed by atoms with Gasteiger partial charge in [-0.2, -0.15) is 5.10 Å². The fourth-order valence-electron chi connectivity index (χ4n) is 3.16. The fraction of sp³-hybridized carbons (Fsp3) is 0.174. The number of benzene rings is 1. The number of aliphatic hydroxyl groups is 1. The number of rotatable bonds is 7. The molecule has 2 N–H and O–H groups in total. The van der Waals surface area contributed by atoms with Crippen LogP contribution in [0.2, 0.25) is 0 Å². The zero-order valence-corrected chi connectivity index (χ0v) is 17.2. The summed E-state index contributed by atoms with van der Waals surface area (Å²) in [6.45, 7) is 7.70. The van der Waals surface area contributed by atoms with Crippen molar-refractivity contribution in [1.29, 1.82) is 0 Å². The van der Waals surface area contributed by atoms with E-state index in [0.717, 1.165) is 39.2 Å². The lowest BCUT2D eigenvalue weighted by atomic mass is 10.1.